The molecule has 0 aliphatic carbocycles. The van der Waals surface area contributed by atoms with Gasteiger partial charge in [0.2, 0.25) is 11.8 Å². The molecule has 1 aromatic carbocycles. The van der Waals surface area contributed by atoms with Crippen LogP contribution < -0.4 is 9.47 Å². The molecule has 0 atom stereocenters. The molecule has 5 rings (SSSR count). The number of benzene rings is 1. The maximum atomic E-state index is 6.10. The summed E-state index contributed by atoms with van der Waals surface area (Å²) in [6, 6.07) is 6.20. The Balaban J connectivity index is 1.67. The summed E-state index contributed by atoms with van der Waals surface area (Å²) >= 11 is 0. The van der Waals surface area contributed by atoms with Gasteiger partial charge in [-0.15, -0.1) is 0 Å². The first kappa shape index (κ1) is 18.5. The molecule has 0 saturated heterocycles. The topological polar surface area (TPSA) is 82.8 Å². The predicted octanol–water partition coefficient (Wildman–Crippen LogP) is 3.59. The number of hydrogen-bond acceptors (Lipinski definition) is 5. The molecule has 4 aromatic rings. The normalized spacial score (nSPS) is 15.0. The van der Waals surface area contributed by atoms with E-state index in [0.29, 0.717) is 13.2 Å². The molecule has 0 spiro atoms. The molecule has 2 bridgehead atoms. The molecule has 0 saturated carbocycles. The van der Waals surface area contributed by atoms with Gasteiger partial charge in [-0.25, -0.2) is 9.36 Å². The summed E-state index contributed by atoms with van der Waals surface area (Å²) in [6.45, 7) is 3.18. The van der Waals surface area contributed by atoms with Crippen molar-refractivity contribution >= 4 is 23.1 Å². The third-order valence-electron chi connectivity index (χ3n) is 5.40. The molecular weight excluding hydrogens is 380 g/mol. The Morgan fingerprint density at radius 2 is 1.90 bits per heavy atom. The third kappa shape index (κ3) is 3.04. The average molecular weight is 404 g/mol. The molecule has 0 unspecified atom stereocenters. The van der Waals surface area contributed by atoms with E-state index in [1.54, 1.807) is 9.36 Å². The SMILES string of the molecule is CCc1nn(C)c2c1/C=C/c1[nH]nc3ccc(cc13)-c1cnn(C)c1OCCCO2. The Bertz CT molecular complexity index is 1250. The maximum Gasteiger partial charge on any atom is 0.219 e. The lowest BCUT2D eigenvalue weighted by Crippen LogP contribution is -2.09. The molecule has 1 aliphatic heterocycles. The van der Waals surface area contributed by atoms with Crippen molar-refractivity contribution in [1.29, 1.82) is 0 Å². The van der Waals surface area contributed by atoms with Crippen molar-refractivity contribution < 1.29 is 9.47 Å². The summed E-state index contributed by atoms with van der Waals surface area (Å²) < 4.78 is 15.8. The van der Waals surface area contributed by atoms with Gasteiger partial charge in [0.1, 0.15) is 0 Å². The van der Waals surface area contributed by atoms with E-state index in [4.69, 9.17) is 9.47 Å². The average Bonchev–Trinajstić information content (AvgIpc) is 3.41. The van der Waals surface area contributed by atoms with Gasteiger partial charge in [-0.05, 0) is 36.3 Å². The van der Waals surface area contributed by atoms with E-state index < -0.39 is 0 Å². The van der Waals surface area contributed by atoms with Gasteiger partial charge < -0.3 is 9.47 Å². The molecule has 8 nitrogen and oxygen atoms in total. The second kappa shape index (κ2) is 7.37. The van der Waals surface area contributed by atoms with Crippen LogP contribution >= 0.6 is 0 Å². The largest absolute Gasteiger partial charge is 0.477 e. The maximum absolute atomic E-state index is 6.10. The lowest BCUT2D eigenvalue weighted by atomic mass is 10.0. The minimum atomic E-state index is 0.537. The van der Waals surface area contributed by atoms with E-state index >= 15 is 0 Å². The monoisotopic (exact) mass is 404 g/mol. The highest BCUT2D eigenvalue weighted by molar-refractivity contribution is 5.93. The molecule has 4 heterocycles. The van der Waals surface area contributed by atoms with Crippen LogP contribution in [0.3, 0.4) is 0 Å². The van der Waals surface area contributed by atoms with Crippen molar-refractivity contribution in [3.8, 4) is 22.9 Å². The number of ether oxygens (including phenoxy) is 2. The van der Waals surface area contributed by atoms with Crippen LogP contribution in [0, 0.1) is 0 Å². The van der Waals surface area contributed by atoms with Crippen LogP contribution in [0.2, 0.25) is 0 Å². The molecule has 0 radical (unpaired) electrons. The molecule has 154 valence electrons. The van der Waals surface area contributed by atoms with Gasteiger partial charge in [-0.1, -0.05) is 13.0 Å². The van der Waals surface area contributed by atoms with Crippen LogP contribution in [0.5, 0.6) is 11.8 Å². The Hall–Kier alpha value is -3.55. The summed E-state index contributed by atoms with van der Waals surface area (Å²) in [7, 11) is 3.80. The Kier molecular flexibility index (Phi) is 4.54. The molecule has 0 amide bonds. The summed E-state index contributed by atoms with van der Waals surface area (Å²) in [5.74, 6) is 1.52. The Morgan fingerprint density at radius 3 is 2.73 bits per heavy atom. The highest BCUT2D eigenvalue weighted by Crippen LogP contribution is 2.33. The molecule has 0 fully saturated rings. The quantitative estimate of drug-likeness (QED) is 0.524. The molecule has 30 heavy (non-hydrogen) atoms. The van der Waals surface area contributed by atoms with Gasteiger partial charge in [0.05, 0.1) is 47.4 Å². The third-order valence-corrected chi connectivity index (χ3v) is 5.40. The van der Waals surface area contributed by atoms with Crippen molar-refractivity contribution in [3.05, 3.63) is 41.3 Å². The number of hydrogen-bond donors (Lipinski definition) is 1. The minimum absolute atomic E-state index is 0.537. The van der Waals surface area contributed by atoms with E-state index in [1.165, 1.54) is 0 Å². The van der Waals surface area contributed by atoms with Crippen LogP contribution in [0.4, 0.5) is 0 Å². The van der Waals surface area contributed by atoms with Crippen LogP contribution in [-0.4, -0.2) is 43.0 Å². The first-order chi connectivity index (χ1) is 14.7. The first-order valence-electron chi connectivity index (χ1n) is 10.2. The minimum Gasteiger partial charge on any atom is -0.477 e. The zero-order valence-electron chi connectivity index (χ0n) is 17.3. The van der Waals surface area contributed by atoms with E-state index in [0.717, 1.165) is 63.6 Å². The van der Waals surface area contributed by atoms with Gasteiger partial charge in [0.25, 0.3) is 0 Å². The van der Waals surface area contributed by atoms with E-state index in [9.17, 15) is 0 Å². The highest BCUT2D eigenvalue weighted by atomic mass is 16.5. The van der Waals surface area contributed by atoms with E-state index in [-0.39, 0.29) is 0 Å². The van der Waals surface area contributed by atoms with E-state index in [2.05, 4.69) is 45.5 Å². The number of aromatic nitrogens is 6. The van der Waals surface area contributed by atoms with Crippen LogP contribution in [0.1, 0.15) is 30.3 Å². The fourth-order valence-electron chi connectivity index (χ4n) is 3.86. The van der Waals surface area contributed by atoms with Gasteiger partial charge >= 0.3 is 0 Å². The molecule has 1 N–H and O–H groups in total. The Labute approximate surface area is 174 Å². The van der Waals surface area contributed by atoms with Crippen molar-refractivity contribution in [3.63, 3.8) is 0 Å². The second-order valence-corrected chi connectivity index (χ2v) is 7.38. The lowest BCUT2D eigenvalue weighted by Gasteiger charge is -2.10. The lowest BCUT2D eigenvalue weighted by molar-refractivity contribution is 0.226. The number of aryl methyl sites for hydroxylation is 3. The van der Waals surface area contributed by atoms with E-state index in [1.807, 2.05) is 32.4 Å². The van der Waals surface area contributed by atoms with Crippen molar-refractivity contribution in [2.45, 2.75) is 19.8 Å². The summed E-state index contributed by atoms with van der Waals surface area (Å²) in [4.78, 5) is 0. The van der Waals surface area contributed by atoms with Crippen molar-refractivity contribution in [2.24, 2.45) is 14.1 Å². The molecular formula is C22H24N6O2. The number of H-pyrrole nitrogens is 1. The second-order valence-electron chi connectivity index (χ2n) is 7.38. The predicted molar refractivity (Wildman–Crippen MR) is 115 cm³/mol. The van der Waals surface area contributed by atoms with Crippen LogP contribution in [-0.2, 0) is 20.5 Å². The van der Waals surface area contributed by atoms with Gasteiger partial charge in [0.15, 0.2) is 0 Å². The van der Waals surface area contributed by atoms with Crippen LogP contribution in [0.25, 0.3) is 34.2 Å². The number of rotatable bonds is 1. The molecule has 3 aromatic heterocycles. The zero-order chi connectivity index (χ0) is 20.7. The van der Waals surface area contributed by atoms with Crippen molar-refractivity contribution in [1.82, 2.24) is 29.8 Å². The number of nitrogens with one attached hydrogen (secondary N) is 1. The summed E-state index contributed by atoms with van der Waals surface area (Å²) in [5.41, 5.74) is 5.86. The smallest absolute Gasteiger partial charge is 0.219 e. The first-order valence-corrected chi connectivity index (χ1v) is 10.2. The summed E-state index contributed by atoms with van der Waals surface area (Å²) in [6.07, 6.45) is 7.53. The fraction of sp³-hybridized carbons (Fsp3) is 0.318. The summed E-state index contributed by atoms with van der Waals surface area (Å²) in [5, 5.41) is 17.7. The van der Waals surface area contributed by atoms with Crippen molar-refractivity contribution in [2.75, 3.05) is 13.2 Å². The van der Waals surface area contributed by atoms with Gasteiger partial charge in [0, 0.05) is 25.9 Å². The standard InChI is InChI=1S/C22H24N6O2/c1-4-18-15-7-9-20-16-12-14(6-8-19(16)24-25-20)17-13-23-27(2)22(17)30-11-5-10-29-21(15)28(3)26-18/h6-9,12-13H,4-5,10-11H2,1-3H3,(H,24,25)/b9-7+. The molecule has 8 heteroatoms. The van der Waals surface area contributed by atoms with Crippen LogP contribution in [0.15, 0.2) is 24.4 Å². The highest BCUT2D eigenvalue weighted by Gasteiger charge is 2.17. The number of nitrogens with zero attached hydrogens (tertiary/aromatic N) is 5. The zero-order valence-corrected chi connectivity index (χ0v) is 17.3. The molecule has 1 aliphatic rings. The van der Waals surface area contributed by atoms with Gasteiger partial charge in [-0.3, -0.25) is 5.10 Å². The number of aromatic amines is 1. The Morgan fingerprint density at radius 1 is 1.07 bits per heavy atom. The number of fused-ring (bicyclic) bond motifs is 4. The fourth-order valence-corrected chi connectivity index (χ4v) is 3.86. The van der Waals surface area contributed by atoms with Gasteiger partial charge in [-0.2, -0.15) is 15.3 Å².